The van der Waals surface area contributed by atoms with E-state index in [9.17, 15) is 31.5 Å². The number of benzene rings is 1. The van der Waals surface area contributed by atoms with Gasteiger partial charge in [-0.1, -0.05) is 0 Å². The molecule has 2 atom stereocenters. The van der Waals surface area contributed by atoms with Crippen LogP contribution in [0.25, 0.3) is 11.0 Å². The molecule has 0 saturated carbocycles. The van der Waals surface area contributed by atoms with Crippen LogP contribution in [0, 0.1) is 18.6 Å². The molecule has 2 aromatic heterocycles. The summed E-state index contributed by atoms with van der Waals surface area (Å²) >= 11 is 0. The molecule has 3 N–H and O–H groups in total. The van der Waals surface area contributed by atoms with Gasteiger partial charge in [-0.15, -0.1) is 0 Å². The molecule has 0 spiro atoms. The number of anilines is 2. The van der Waals surface area contributed by atoms with Crippen LogP contribution in [-0.2, 0) is 4.79 Å². The highest BCUT2D eigenvalue weighted by molar-refractivity contribution is 5.90. The fourth-order valence-corrected chi connectivity index (χ4v) is 3.67. The first-order chi connectivity index (χ1) is 16.4. The summed E-state index contributed by atoms with van der Waals surface area (Å²) in [5.41, 5.74) is -0.746. The van der Waals surface area contributed by atoms with Gasteiger partial charge in [0, 0.05) is 29.6 Å². The number of nitrogens with one attached hydrogen (secondary N) is 3. The number of carbonyl (C=O) groups excluding carboxylic acids is 2. The second-order valence-corrected chi connectivity index (χ2v) is 7.98. The van der Waals surface area contributed by atoms with Crippen molar-refractivity contribution >= 4 is 34.5 Å². The Morgan fingerprint density at radius 3 is 2.60 bits per heavy atom. The fraction of sp³-hybridized carbons (Fsp3) is 0.333. The highest BCUT2D eigenvalue weighted by Gasteiger charge is 2.45. The molecule has 1 aliphatic heterocycles. The van der Waals surface area contributed by atoms with Crippen molar-refractivity contribution in [2.24, 2.45) is 0 Å². The van der Waals surface area contributed by atoms with Crippen molar-refractivity contribution in [1.29, 1.82) is 0 Å². The number of carbonyl (C=O) groups is 2. The van der Waals surface area contributed by atoms with E-state index < -0.39 is 41.2 Å². The number of halogens is 5. The number of piperazine rings is 1. The first-order valence-corrected chi connectivity index (χ1v) is 10.3. The van der Waals surface area contributed by atoms with Crippen LogP contribution in [0.5, 0.6) is 0 Å². The summed E-state index contributed by atoms with van der Waals surface area (Å²) in [5.74, 6) is -2.94. The van der Waals surface area contributed by atoms with E-state index in [-0.39, 0.29) is 41.1 Å². The lowest BCUT2D eigenvalue weighted by Gasteiger charge is -2.33. The van der Waals surface area contributed by atoms with Crippen molar-refractivity contribution in [3.8, 4) is 0 Å². The Morgan fingerprint density at radius 2 is 1.94 bits per heavy atom. The average molecular weight is 498 g/mol. The number of aromatic nitrogens is 2. The Bertz CT molecular complexity index is 1280. The van der Waals surface area contributed by atoms with Crippen molar-refractivity contribution in [2.45, 2.75) is 32.1 Å². The lowest BCUT2D eigenvalue weighted by Crippen LogP contribution is -2.53. The minimum absolute atomic E-state index is 0.0178. The Balaban J connectivity index is 1.52. The van der Waals surface area contributed by atoms with Crippen LogP contribution in [0.4, 0.5) is 38.4 Å². The molecule has 0 bridgehead atoms. The molecular weight excluding hydrogens is 479 g/mol. The first kappa shape index (κ1) is 24.2. The Hall–Kier alpha value is -3.97. The molecule has 1 aromatic carbocycles. The van der Waals surface area contributed by atoms with Gasteiger partial charge in [0.05, 0.1) is 18.1 Å². The van der Waals surface area contributed by atoms with E-state index >= 15 is 0 Å². The number of hydrogen-bond donors (Lipinski definition) is 3. The third-order valence-corrected chi connectivity index (χ3v) is 5.45. The summed E-state index contributed by atoms with van der Waals surface area (Å²) in [7, 11) is 0. The predicted octanol–water partition coefficient (Wildman–Crippen LogP) is 3.56. The summed E-state index contributed by atoms with van der Waals surface area (Å²) in [4.78, 5) is 33.7. The summed E-state index contributed by atoms with van der Waals surface area (Å²) in [6, 6.07) is -2.67. The number of aryl methyl sites for hydroxylation is 1. The Labute approximate surface area is 194 Å². The highest BCUT2D eigenvalue weighted by atomic mass is 19.4. The number of amides is 3. The summed E-state index contributed by atoms with van der Waals surface area (Å²) in [6.07, 6.45) is -2.67. The van der Waals surface area contributed by atoms with Crippen LogP contribution >= 0.6 is 0 Å². The standard InChI is InChI=1S/C21H19F5N6O3/c1-9-5-27-15(33)8-32(9)19-28-6-12(7-29-19)30-20(34)31-18(21(24,25)26)16-10(2)13-3-11(22)4-14(23)17(13)35-16/h3-4,6-7,9,18H,5,8H2,1-2H3,(H,27,33)(H2,30,31,34)/t9-,18+/m0/s1. The number of fused-ring (bicyclic) bond motifs is 1. The second-order valence-electron chi connectivity index (χ2n) is 7.98. The maximum atomic E-state index is 14.0. The lowest BCUT2D eigenvalue weighted by atomic mass is 10.1. The van der Waals surface area contributed by atoms with E-state index in [1.165, 1.54) is 19.3 Å². The molecule has 14 heteroatoms. The van der Waals surface area contributed by atoms with Crippen LogP contribution in [0.1, 0.15) is 24.3 Å². The van der Waals surface area contributed by atoms with Gasteiger partial charge in [-0.25, -0.2) is 23.5 Å². The van der Waals surface area contributed by atoms with Crippen molar-refractivity contribution < 1.29 is 36.0 Å². The summed E-state index contributed by atoms with van der Waals surface area (Å²) < 4.78 is 74.0. The van der Waals surface area contributed by atoms with Gasteiger partial charge in [-0.3, -0.25) is 4.79 Å². The van der Waals surface area contributed by atoms with Gasteiger partial charge < -0.3 is 25.3 Å². The number of hydrogen-bond acceptors (Lipinski definition) is 6. The Morgan fingerprint density at radius 1 is 1.26 bits per heavy atom. The van der Waals surface area contributed by atoms with E-state index in [2.05, 4.69) is 20.6 Å². The zero-order valence-corrected chi connectivity index (χ0v) is 18.3. The van der Waals surface area contributed by atoms with Crippen LogP contribution in [0.15, 0.2) is 28.9 Å². The van der Waals surface area contributed by atoms with Gasteiger partial charge >= 0.3 is 12.2 Å². The molecule has 186 valence electrons. The van der Waals surface area contributed by atoms with Crippen LogP contribution in [0.2, 0.25) is 0 Å². The molecule has 3 aromatic rings. The van der Waals surface area contributed by atoms with Crippen molar-refractivity contribution in [3.63, 3.8) is 0 Å². The quantitative estimate of drug-likeness (QED) is 0.475. The smallest absolute Gasteiger partial charge is 0.416 e. The molecule has 0 unspecified atom stereocenters. The SMILES string of the molecule is Cc1c([C@@H](NC(=O)Nc2cnc(N3CC(=O)NC[C@@H]3C)nc2)C(F)(F)F)oc2c(F)cc(F)cc12. The summed E-state index contributed by atoms with van der Waals surface area (Å²) in [5, 5.41) is 6.44. The predicted molar refractivity (Wildman–Crippen MR) is 114 cm³/mol. The minimum Gasteiger partial charge on any atom is -0.455 e. The molecule has 0 aliphatic carbocycles. The van der Waals surface area contributed by atoms with E-state index in [1.807, 2.05) is 6.92 Å². The van der Waals surface area contributed by atoms with E-state index in [0.29, 0.717) is 12.6 Å². The largest absolute Gasteiger partial charge is 0.455 e. The minimum atomic E-state index is -5.02. The second kappa shape index (κ2) is 9.00. The monoisotopic (exact) mass is 498 g/mol. The van der Waals surface area contributed by atoms with Gasteiger partial charge in [0.2, 0.25) is 11.9 Å². The van der Waals surface area contributed by atoms with Gasteiger partial charge in [0.15, 0.2) is 17.4 Å². The normalized spacial score (nSPS) is 17.3. The molecule has 35 heavy (non-hydrogen) atoms. The number of furan rings is 1. The van der Waals surface area contributed by atoms with Gasteiger partial charge in [0.1, 0.15) is 18.1 Å². The highest BCUT2D eigenvalue weighted by Crippen LogP contribution is 2.39. The molecule has 3 amide bonds. The number of nitrogens with zero attached hydrogens (tertiary/aromatic N) is 3. The molecule has 4 rings (SSSR count). The van der Waals surface area contributed by atoms with Crippen molar-refractivity contribution in [2.75, 3.05) is 23.3 Å². The maximum absolute atomic E-state index is 14.0. The fourth-order valence-electron chi connectivity index (χ4n) is 3.67. The Kier molecular flexibility index (Phi) is 6.21. The van der Waals surface area contributed by atoms with E-state index in [1.54, 1.807) is 10.2 Å². The summed E-state index contributed by atoms with van der Waals surface area (Å²) in [6.45, 7) is 3.47. The number of urea groups is 1. The van der Waals surface area contributed by atoms with Gasteiger partial charge in [0.25, 0.3) is 0 Å². The first-order valence-electron chi connectivity index (χ1n) is 10.3. The van der Waals surface area contributed by atoms with Crippen LogP contribution in [0.3, 0.4) is 0 Å². The lowest BCUT2D eigenvalue weighted by molar-refractivity contribution is -0.158. The molecule has 9 nitrogen and oxygen atoms in total. The molecule has 1 saturated heterocycles. The third kappa shape index (κ3) is 4.95. The zero-order valence-electron chi connectivity index (χ0n) is 18.3. The van der Waals surface area contributed by atoms with Gasteiger partial charge in [-0.05, 0) is 19.9 Å². The molecule has 3 heterocycles. The molecule has 1 aliphatic rings. The molecule has 0 radical (unpaired) electrons. The topological polar surface area (TPSA) is 112 Å². The molecule has 1 fully saturated rings. The zero-order chi connectivity index (χ0) is 25.5. The number of rotatable bonds is 4. The van der Waals surface area contributed by atoms with Gasteiger partial charge in [-0.2, -0.15) is 13.2 Å². The van der Waals surface area contributed by atoms with E-state index in [4.69, 9.17) is 4.42 Å². The van der Waals surface area contributed by atoms with E-state index in [0.717, 1.165) is 6.07 Å². The maximum Gasteiger partial charge on any atom is 0.416 e. The van der Waals surface area contributed by atoms with Crippen molar-refractivity contribution in [1.82, 2.24) is 20.6 Å². The third-order valence-electron chi connectivity index (χ3n) is 5.45. The van der Waals surface area contributed by atoms with Crippen molar-refractivity contribution in [3.05, 3.63) is 47.5 Å². The molecular formula is C21H19F5N6O3. The van der Waals surface area contributed by atoms with Crippen LogP contribution < -0.4 is 20.9 Å². The number of alkyl halides is 3. The average Bonchev–Trinajstić information content (AvgIpc) is 3.10. The van der Waals surface area contributed by atoms with Crippen LogP contribution in [-0.4, -0.2) is 47.2 Å².